The molecular formula is C18H28N2O3S. The van der Waals surface area contributed by atoms with Gasteiger partial charge in [-0.2, -0.15) is 4.31 Å². The molecule has 1 aliphatic heterocycles. The Morgan fingerprint density at radius 3 is 2.17 bits per heavy atom. The predicted octanol–water partition coefficient (Wildman–Crippen LogP) is 2.53. The third kappa shape index (κ3) is 4.80. The number of benzene rings is 1. The number of hydrogen-bond donors (Lipinski definition) is 0. The van der Waals surface area contributed by atoms with Gasteiger partial charge >= 0.3 is 0 Å². The summed E-state index contributed by atoms with van der Waals surface area (Å²) >= 11 is 0. The summed E-state index contributed by atoms with van der Waals surface area (Å²) in [5.41, 5.74) is 1.91. The molecule has 1 heterocycles. The van der Waals surface area contributed by atoms with Crippen LogP contribution in [0.15, 0.2) is 24.3 Å². The summed E-state index contributed by atoms with van der Waals surface area (Å²) in [7, 11) is -3.18. The van der Waals surface area contributed by atoms with Crippen molar-refractivity contribution in [3.05, 3.63) is 35.4 Å². The second-order valence-corrected chi connectivity index (χ2v) is 8.40. The van der Waals surface area contributed by atoms with Crippen molar-refractivity contribution in [2.75, 3.05) is 31.9 Å². The number of aryl methyl sites for hydroxylation is 1. The SMILES string of the molecule is CCCCS(=O)(=O)N1CCN(C(=O)c2ccc(CCC)cc2)CC1. The first-order valence-electron chi connectivity index (χ1n) is 8.84. The van der Waals surface area contributed by atoms with Crippen LogP contribution in [0.1, 0.15) is 49.0 Å². The number of rotatable bonds is 7. The molecule has 0 unspecified atom stereocenters. The van der Waals surface area contributed by atoms with E-state index in [4.69, 9.17) is 0 Å². The van der Waals surface area contributed by atoms with Gasteiger partial charge in [0.15, 0.2) is 0 Å². The lowest BCUT2D eigenvalue weighted by Crippen LogP contribution is -2.51. The summed E-state index contributed by atoms with van der Waals surface area (Å²) in [6.45, 7) is 5.82. The van der Waals surface area contributed by atoms with Gasteiger partial charge in [0.1, 0.15) is 0 Å². The molecule has 5 nitrogen and oxygen atoms in total. The number of nitrogens with zero attached hydrogens (tertiary/aromatic N) is 2. The molecule has 0 radical (unpaired) electrons. The van der Waals surface area contributed by atoms with E-state index in [0.717, 1.165) is 19.3 Å². The number of carbonyl (C=O) groups excluding carboxylic acids is 1. The molecule has 134 valence electrons. The van der Waals surface area contributed by atoms with E-state index < -0.39 is 10.0 Å². The van der Waals surface area contributed by atoms with E-state index in [1.54, 1.807) is 4.90 Å². The van der Waals surface area contributed by atoms with E-state index in [0.29, 0.717) is 38.2 Å². The number of hydrogen-bond acceptors (Lipinski definition) is 3. The smallest absolute Gasteiger partial charge is 0.253 e. The fourth-order valence-corrected chi connectivity index (χ4v) is 4.54. The van der Waals surface area contributed by atoms with Crippen molar-refractivity contribution in [2.24, 2.45) is 0 Å². The zero-order chi connectivity index (χ0) is 17.6. The van der Waals surface area contributed by atoms with Gasteiger partial charge in [-0.05, 0) is 30.5 Å². The van der Waals surface area contributed by atoms with E-state index in [-0.39, 0.29) is 11.7 Å². The molecular weight excluding hydrogens is 324 g/mol. The first-order chi connectivity index (χ1) is 11.5. The maximum absolute atomic E-state index is 12.6. The average Bonchev–Trinajstić information content (AvgIpc) is 2.60. The normalized spacial score (nSPS) is 16.3. The van der Waals surface area contributed by atoms with Crippen molar-refractivity contribution in [1.29, 1.82) is 0 Å². The molecule has 2 rings (SSSR count). The van der Waals surface area contributed by atoms with Gasteiger partial charge in [-0.1, -0.05) is 38.8 Å². The summed E-state index contributed by atoms with van der Waals surface area (Å²) in [5.74, 6) is 0.194. The van der Waals surface area contributed by atoms with E-state index in [9.17, 15) is 13.2 Å². The highest BCUT2D eigenvalue weighted by molar-refractivity contribution is 7.89. The molecule has 0 atom stereocenters. The molecule has 0 bridgehead atoms. The summed E-state index contributed by atoms with van der Waals surface area (Å²) in [5, 5.41) is 0. The zero-order valence-corrected chi connectivity index (χ0v) is 15.5. The second-order valence-electron chi connectivity index (χ2n) is 6.31. The molecule has 6 heteroatoms. The second kappa shape index (κ2) is 8.62. The van der Waals surface area contributed by atoms with Crippen LogP contribution in [0, 0.1) is 0 Å². The molecule has 24 heavy (non-hydrogen) atoms. The Kier molecular flexibility index (Phi) is 6.80. The van der Waals surface area contributed by atoms with Crippen LogP contribution < -0.4 is 0 Å². The van der Waals surface area contributed by atoms with E-state index in [1.165, 1.54) is 9.87 Å². The minimum Gasteiger partial charge on any atom is -0.336 e. The number of amides is 1. The topological polar surface area (TPSA) is 57.7 Å². The van der Waals surface area contributed by atoms with Crippen LogP contribution in [0.4, 0.5) is 0 Å². The molecule has 1 aromatic rings. The van der Waals surface area contributed by atoms with Crippen LogP contribution in [-0.4, -0.2) is 55.5 Å². The molecule has 1 amide bonds. The third-order valence-corrected chi connectivity index (χ3v) is 6.37. The number of unbranched alkanes of at least 4 members (excludes halogenated alkanes) is 1. The Hall–Kier alpha value is -1.40. The van der Waals surface area contributed by atoms with Crippen molar-refractivity contribution < 1.29 is 13.2 Å². The minimum atomic E-state index is -3.18. The van der Waals surface area contributed by atoms with Gasteiger partial charge in [-0.3, -0.25) is 4.79 Å². The van der Waals surface area contributed by atoms with Gasteiger partial charge in [0.25, 0.3) is 5.91 Å². The predicted molar refractivity (Wildman–Crippen MR) is 96.6 cm³/mol. The lowest BCUT2D eigenvalue weighted by atomic mass is 10.1. The number of carbonyl (C=O) groups is 1. The van der Waals surface area contributed by atoms with Gasteiger partial charge in [0.2, 0.25) is 10.0 Å². The van der Waals surface area contributed by atoms with Crippen LogP contribution in [0.5, 0.6) is 0 Å². The monoisotopic (exact) mass is 352 g/mol. The van der Waals surface area contributed by atoms with Crippen LogP contribution >= 0.6 is 0 Å². The fourth-order valence-electron chi connectivity index (χ4n) is 2.91. The Bertz CT molecular complexity index is 633. The maximum Gasteiger partial charge on any atom is 0.253 e. The standard InChI is InChI=1S/C18H28N2O3S/c1-3-5-15-24(22,23)20-13-11-19(12-14-20)18(21)17-9-7-16(6-4-2)8-10-17/h7-10H,3-6,11-15H2,1-2H3. The molecule has 0 saturated carbocycles. The van der Waals surface area contributed by atoms with Crippen molar-refractivity contribution in [2.45, 2.75) is 39.5 Å². The lowest BCUT2D eigenvalue weighted by molar-refractivity contribution is 0.0698. The van der Waals surface area contributed by atoms with Crippen LogP contribution in [0.25, 0.3) is 0 Å². The molecule has 1 aromatic carbocycles. The third-order valence-electron chi connectivity index (χ3n) is 4.41. The Morgan fingerprint density at radius 2 is 1.62 bits per heavy atom. The molecule has 1 aliphatic rings. The Balaban J connectivity index is 1.92. The number of piperazine rings is 1. The van der Waals surface area contributed by atoms with Gasteiger partial charge in [0, 0.05) is 31.7 Å². The van der Waals surface area contributed by atoms with Crippen molar-refractivity contribution in [3.63, 3.8) is 0 Å². The summed E-state index contributed by atoms with van der Waals surface area (Å²) in [6.07, 6.45) is 3.65. The van der Waals surface area contributed by atoms with Gasteiger partial charge in [0.05, 0.1) is 5.75 Å². The first-order valence-corrected chi connectivity index (χ1v) is 10.4. The summed E-state index contributed by atoms with van der Waals surface area (Å²) in [4.78, 5) is 14.3. The highest BCUT2D eigenvalue weighted by atomic mass is 32.2. The summed E-state index contributed by atoms with van der Waals surface area (Å²) < 4.78 is 25.9. The van der Waals surface area contributed by atoms with Crippen LogP contribution in [-0.2, 0) is 16.4 Å². The molecule has 0 aromatic heterocycles. The number of sulfonamides is 1. The Labute approximate surface area is 145 Å². The first kappa shape index (κ1) is 18.9. The maximum atomic E-state index is 12.6. The fraction of sp³-hybridized carbons (Fsp3) is 0.611. The highest BCUT2D eigenvalue weighted by Gasteiger charge is 2.28. The highest BCUT2D eigenvalue weighted by Crippen LogP contribution is 2.14. The zero-order valence-electron chi connectivity index (χ0n) is 14.7. The van der Waals surface area contributed by atoms with Crippen molar-refractivity contribution in [3.8, 4) is 0 Å². The van der Waals surface area contributed by atoms with Gasteiger partial charge < -0.3 is 4.90 Å². The molecule has 1 fully saturated rings. The van der Waals surface area contributed by atoms with Crippen molar-refractivity contribution >= 4 is 15.9 Å². The lowest BCUT2D eigenvalue weighted by Gasteiger charge is -2.34. The average molecular weight is 353 g/mol. The molecule has 0 spiro atoms. The quantitative estimate of drug-likeness (QED) is 0.758. The van der Waals surface area contributed by atoms with Crippen molar-refractivity contribution in [1.82, 2.24) is 9.21 Å². The van der Waals surface area contributed by atoms with E-state index >= 15 is 0 Å². The van der Waals surface area contributed by atoms with Crippen LogP contribution in [0.3, 0.4) is 0 Å². The van der Waals surface area contributed by atoms with Crippen LogP contribution in [0.2, 0.25) is 0 Å². The van der Waals surface area contributed by atoms with E-state index in [2.05, 4.69) is 6.92 Å². The van der Waals surface area contributed by atoms with Gasteiger partial charge in [-0.15, -0.1) is 0 Å². The minimum absolute atomic E-state index is 0.0105. The van der Waals surface area contributed by atoms with Gasteiger partial charge in [-0.25, -0.2) is 8.42 Å². The molecule has 0 aliphatic carbocycles. The largest absolute Gasteiger partial charge is 0.336 e. The molecule has 0 N–H and O–H groups in total. The van der Waals surface area contributed by atoms with E-state index in [1.807, 2.05) is 31.2 Å². The Morgan fingerprint density at radius 1 is 1.00 bits per heavy atom. The summed E-state index contributed by atoms with van der Waals surface area (Å²) in [6, 6.07) is 7.75. The molecule has 1 saturated heterocycles.